The van der Waals surface area contributed by atoms with E-state index in [4.69, 9.17) is 9.47 Å². The Labute approximate surface area is 346 Å². The molecule has 5 rings (SSSR count). The van der Waals surface area contributed by atoms with Gasteiger partial charge in [-0.1, -0.05) is 132 Å². The second kappa shape index (κ2) is 21.4. The molecule has 0 saturated carbocycles. The van der Waals surface area contributed by atoms with E-state index >= 15 is 0 Å². The topological polar surface area (TPSA) is 157 Å². The average molecular weight is 799 g/mol. The van der Waals surface area contributed by atoms with Gasteiger partial charge in [0.05, 0.1) is 13.0 Å². The van der Waals surface area contributed by atoms with Crippen LogP contribution in [0.15, 0.2) is 116 Å². The Morgan fingerprint density at radius 3 is 1.97 bits per heavy atom. The quantitative estimate of drug-likeness (QED) is 0.0519. The number of amides is 2. The minimum atomic E-state index is -1.59. The molecule has 5 aromatic rings. The molecule has 0 spiro atoms. The zero-order valence-corrected chi connectivity index (χ0v) is 34.3. The van der Waals surface area contributed by atoms with Gasteiger partial charge in [0.25, 0.3) is 5.91 Å². The second-order valence-corrected chi connectivity index (χ2v) is 15.6. The van der Waals surface area contributed by atoms with Gasteiger partial charge in [0.1, 0.15) is 24.4 Å². The van der Waals surface area contributed by atoms with Crippen LogP contribution < -0.4 is 15.4 Å². The molecule has 0 aliphatic heterocycles. The summed E-state index contributed by atoms with van der Waals surface area (Å²) in [4.78, 5) is 61.3. The monoisotopic (exact) mass is 798 g/mol. The molecule has 0 bridgehead atoms. The summed E-state index contributed by atoms with van der Waals surface area (Å²) in [5.74, 6) is -2.14. The molecule has 0 aliphatic carbocycles. The summed E-state index contributed by atoms with van der Waals surface area (Å²) in [6.07, 6.45) is 8.89. The van der Waals surface area contributed by atoms with Crippen LogP contribution >= 0.6 is 0 Å². The summed E-state index contributed by atoms with van der Waals surface area (Å²) in [7, 11) is 0. The highest BCUT2D eigenvalue weighted by Gasteiger charge is 2.29. The Morgan fingerprint density at radius 2 is 1.34 bits per heavy atom. The highest BCUT2D eigenvalue weighted by Crippen LogP contribution is 2.25. The molecule has 0 radical (unpaired) electrons. The molecule has 11 heteroatoms. The van der Waals surface area contributed by atoms with Crippen LogP contribution in [0.4, 0.5) is 0 Å². The predicted octanol–water partition coefficient (Wildman–Crippen LogP) is 8.50. The zero-order valence-electron chi connectivity index (χ0n) is 34.3. The van der Waals surface area contributed by atoms with E-state index in [-0.39, 0.29) is 18.4 Å². The maximum atomic E-state index is 13.8. The molecule has 0 saturated heterocycles. The second-order valence-electron chi connectivity index (χ2n) is 15.6. The number of aliphatic carboxylic acids is 1. The van der Waals surface area contributed by atoms with Crippen molar-refractivity contribution in [3.05, 3.63) is 138 Å². The van der Waals surface area contributed by atoms with E-state index in [1.807, 2.05) is 54.6 Å². The van der Waals surface area contributed by atoms with E-state index in [1.165, 1.54) is 25.7 Å². The van der Waals surface area contributed by atoms with Crippen LogP contribution in [0.25, 0.3) is 22.5 Å². The van der Waals surface area contributed by atoms with E-state index < -0.39 is 42.3 Å². The van der Waals surface area contributed by atoms with E-state index in [1.54, 1.807) is 60.9 Å². The summed E-state index contributed by atoms with van der Waals surface area (Å²) in [5, 5.41) is 15.2. The van der Waals surface area contributed by atoms with Crippen molar-refractivity contribution < 1.29 is 33.8 Å². The first-order valence-electron chi connectivity index (χ1n) is 20.2. The lowest BCUT2D eigenvalue weighted by Gasteiger charge is -2.22. The number of carbonyl (C=O) groups excluding carboxylic acids is 3. The fourth-order valence-electron chi connectivity index (χ4n) is 6.30. The Kier molecular flexibility index (Phi) is 15.9. The van der Waals surface area contributed by atoms with Gasteiger partial charge in [-0.3, -0.25) is 14.4 Å². The van der Waals surface area contributed by atoms with Crippen molar-refractivity contribution in [2.75, 3.05) is 6.61 Å². The van der Waals surface area contributed by atoms with Gasteiger partial charge in [0.2, 0.25) is 5.91 Å². The Bertz CT molecular complexity index is 2110. The van der Waals surface area contributed by atoms with Crippen LogP contribution in [0, 0.1) is 0 Å². The van der Waals surface area contributed by atoms with Gasteiger partial charge in [0.15, 0.2) is 5.82 Å². The Balaban J connectivity index is 1.25. The van der Waals surface area contributed by atoms with E-state index in [2.05, 4.69) is 48.3 Å². The van der Waals surface area contributed by atoms with E-state index in [9.17, 15) is 24.3 Å². The van der Waals surface area contributed by atoms with Crippen LogP contribution in [0.3, 0.4) is 0 Å². The smallest absolute Gasteiger partial charge is 0.326 e. The third kappa shape index (κ3) is 13.6. The van der Waals surface area contributed by atoms with Gasteiger partial charge in [-0.2, -0.15) is 0 Å². The molecule has 2 unspecified atom stereocenters. The number of rotatable bonds is 20. The molecule has 1 aromatic heterocycles. The highest BCUT2D eigenvalue weighted by atomic mass is 16.5. The highest BCUT2D eigenvalue weighted by molar-refractivity contribution is 5.98. The number of carboxylic acids is 1. The first-order chi connectivity index (χ1) is 28.4. The van der Waals surface area contributed by atoms with E-state index in [0.29, 0.717) is 23.6 Å². The summed E-state index contributed by atoms with van der Waals surface area (Å²) in [6.45, 7) is 9.07. The SMILES string of the molecule is CCCCCCCOc1ccc(-c2cnc(-c3ccc(CC(NC(=O)c4ccc(C(C)(C)C)cc4)C(=O)NC(CC(=O)OCc4ccccc4)C(=O)O)cc3)nc2)cc1. The van der Waals surface area contributed by atoms with Gasteiger partial charge in [-0.25, -0.2) is 14.8 Å². The lowest BCUT2D eigenvalue weighted by Crippen LogP contribution is -2.53. The first-order valence-corrected chi connectivity index (χ1v) is 20.2. The standard InChI is InChI=1S/C48H54N4O7/c1-5-6-7-8-12-27-58-40-25-21-35(22-26-40)38-30-49-44(50-31-38)36-17-15-33(16-18-36)28-41(51-45(54)37-19-23-39(24-20-37)48(2,3)4)46(55)52-42(47(56)57)29-43(53)59-32-34-13-10-9-11-14-34/h9-11,13-26,30-31,41-42H,5-8,12,27-29,32H2,1-4H3,(H,51,54)(H,52,55)(H,56,57). The number of esters is 1. The number of aromatic nitrogens is 2. The number of nitrogens with zero attached hydrogens (tertiary/aromatic N) is 2. The molecule has 1 heterocycles. The van der Waals surface area contributed by atoms with Gasteiger partial charge in [-0.15, -0.1) is 0 Å². The molecule has 308 valence electrons. The van der Waals surface area contributed by atoms with Crippen molar-refractivity contribution >= 4 is 23.8 Å². The number of carbonyl (C=O) groups is 4. The van der Waals surface area contributed by atoms with Crippen molar-refractivity contribution in [3.63, 3.8) is 0 Å². The number of ether oxygens (including phenoxy) is 2. The fraction of sp³-hybridized carbons (Fsp3) is 0.333. The van der Waals surface area contributed by atoms with Crippen LogP contribution in [-0.4, -0.2) is 57.5 Å². The third-order valence-corrected chi connectivity index (χ3v) is 9.87. The Morgan fingerprint density at radius 1 is 0.695 bits per heavy atom. The van der Waals surface area contributed by atoms with Gasteiger partial charge in [-0.05, 0) is 58.4 Å². The Hall–Kier alpha value is -6.36. The fourth-order valence-corrected chi connectivity index (χ4v) is 6.30. The number of carboxylic acid groups (broad SMARTS) is 1. The number of nitrogens with one attached hydrogen (secondary N) is 2. The van der Waals surface area contributed by atoms with Crippen molar-refractivity contribution in [3.8, 4) is 28.3 Å². The van der Waals surface area contributed by atoms with Crippen LogP contribution in [0.5, 0.6) is 5.75 Å². The van der Waals surface area contributed by atoms with Crippen molar-refractivity contribution in [2.24, 2.45) is 0 Å². The molecule has 2 atom stereocenters. The minimum absolute atomic E-state index is 0.0289. The largest absolute Gasteiger partial charge is 0.494 e. The maximum Gasteiger partial charge on any atom is 0.326 e. The summed E-state index contributed by atoms with van der Waals surface area (Å²) in [5.41, 5.74) is 5.24. The average Bonchev–Trinajstić information content (AvgIpc) is 3.24. The zero-order chi connectivity index (χ0) is 42.2. The number of hydrogen-bond acceptors (Lipinski definition) is 8. The van der Waals surface area contributed by atoms with Crippen molar-refractivity contribution in [2.45, 2.75) is 96.7 Å². The molecule has 0 aliphatic rings. The molecule has 11 nitrogen and oxygen atoms in total. The normalized spacial score (nSPS) is 12.2. The lowest BCUT2D eigenvalue weighted by atomic mass is 9.86. The molecular weight excluding hydrogens is 745 g/mol. The predicted molar refractivity (Wildman–Crippen MR) is 228 cm³/mol. The van der Waals surface area contributed by atoms with Gasteiger partial charge < -0.3 is 25.2 Å². The van der Waals surface area contributed by atoms with E-state index in [0.717, 1.165) is 40.0 Å². The number of unbranched alkanes of at least 4 members (excludes halogenated alkanes) is 4. The molecule has 4 aromatic carbocycles. The molecule has 2 amide bonds. The number of hydrogen-bond donors (Lipinski definition) is 3. The van der Waals surface area contributed by atoms with Crippen LogP contribution in [0.1, 0.15) is 93.3 Å². The first kappa shape index (κ1) is 43.8. The summed E-state index contributed by atoms with van der Waals surface area (Å²) >= 11 is 0. The van der Waals surface area contributed by atoms with Crippen LogP contribution in [0.2, 0.25) is 0 Å². The number of benzene rings is 4. The summed E-state index contributed by atoms with van der Waals surface area (Å²) < 4.78 is 11.2. The molecular formula is C48H54N4O7. The minimum Gasteiger partial charge on any atom is -0.494 e. The van der Waals surface area contributed by atoms with Gasteiger partial charge >= 0.3 is 11.9 Å². The van der Waals surface area contributed by atoms with Gasteiger partial charge in [0, 0.05) is 35.5 Å². The molecule has 3 N–H and O–H groups in total. The third-order valence-electron chi connectivity index (χ3n) is 9.87. The van der Waals surface area contributed by atoms with Crippen molar-refractivity contribution in [1.29, 1.82) is 0 Å². The molecule has 59 heavy (non-hydrogen) atoms. The molecule has 0 fully saturated rings. The maximum absolute atomic E-state index is 13.8. The van der Waals surface area contributed by atoms with Crippen LogP contribution in [-0.2, 0) is 37.6 Å². The summed E-state index contributed by atoms with van der Waals surface area (Å²) in [6, 6.07) is 28.4. The lowest BCUT2D eigenvalue weighted by molar-refractivity contribution is -0.151. The van der Waals surface area contributed by atoms with Crippen molar-refractivity contribution in [1.82, 2.24) is 20.6 Å².